The number of rotatable bonds is 7. The Morgan fingerprint density at radius 3 is 2.36 bits per heavy atom. The van der Waals surface area contributed by atoms with Crippen LogP contribution in [-0.4, -0.2) is 26.7 Å². The Bertz CT molecular complexity index is 754. The van der Waals surface area contributed by atoms with Gasteiger partial charge in [0, 0.05) is 11.0 Å². The van der Waals surface area contributed by atoms with E-state index in [-0.39, 0.29) is 11.3 Å². The summed E-state index contributed by atoms with van der Waals surface area (Å²) in [7, 11) is 3.24. The zero-order valence-corrected chi connectivity index (χ0v) is 16.1. The summed E-state index contributed by atoms with van der Waals surface area (Å²) in [5.74, 6) is 1.54. The molecule has 0 bridgehead atoms. The van der Waals surface area contributed by atoms with Crippen LogP contribution >= 0.6 is 15.9 Å². The van der Waals surface area contributed by atoms with Crippen LogP contribution in [0.4, 0.5) is 0 Å². The fraction of sp³-hybridized carbons (Fsp3) is 0.350. The van der Waals surface area contributed by atoms with E-state index in [2.05, 4.69) is 21.2 Å². The normalized spacial score (nSPS) is 14.7. The molecule has 0 spiro atoms. The van der Waals surface area contributed by atoms with E-state index in [1.54, 1.807) is 14.2 Å². The molecule has 0 aliphatic heterocycles. The van der Waals surface area contributed by atoms with Gasteiger partial charge in [-0.2, -0.15) is 0 Å². The lowest BCUT2D eigenvalue weighted by molar-refractivity contribution is -0.123. The van der Waals surface area contributed by atoms with Crippen molar-refractivity contribution >= 4 is 21.8 Å². The topological polar surface area (TPSA) is 47.6 Å². The SMILES string of the molecule is COc1ccc(CCNC(=O)C2(c3ccc(Br)cc3)CC2)cc1OC. The zero-order valence-electron chi connectivity index (χ0n) is 14.5. The highest BCUT2D eigenvalue weighted by molar-refractivity contribution is 9.10. The van der Waals surface area contributed by atoms with Crippen LogP contribution in [0.15, 0.2) is 46.9 Å². The quantitative estimate of drug-likeness (QED) is 0.763. The van der Waals surface area contributed by atoms with Gasteiger partial charge in [0.1, 0.15) is 0 Å². The van der Waals surface area contributed by atoms with E-state index in [9.17, 15) is 4.79 Å². The van der Waals surface area contributed by atoms with Crippen molar-refractivity contribution in [2.75, 3.05) is 20.8 Å². The zero-order chi connectivity index (χ0) is 17.9. The first-order valence-electron chi connectivity index (χ1n) is 8.34. The van der Waals surface area contributed by atoms with E-state index < -0.39 is 0 Å². The Morgan fingerprint density at radius 1 is 1.08 bits per heavy atom. The van der Waals surface area contributed by atoms with Gasteiger partial charge in [0.05, 0.1) is 19.6 Å². The van der Waals surface area contributed by atoms with Gasteiger partial charge in [0.25, 0.3) is 0 Å². The second-order valence-electron chi connectivity index (χ2n) is 6.28. The van der Waals surface area contributed by atoms with Crippen molar-refractivity contribution in [3.8, 4) is 11.5 Å². The summed E-state index contributed by atoms with van der Waals surface area (Å²) in [6.45, 7) is 0.604. The molecule has 1 N–H and O–H groups in total. The Morgan fingerprint density at radius 2 is 1.76 bits per heavy atom. The van der Waals surface area contributed by atoms with Gasteiger partial charge in [-0.3, -0.25) is 4.79 Å². The third-order valence-corrected chi connectivity index (χ3v) is 5.26. The fourth-order valence-electron chi connectivity index (χ4n) is 3.07. The molecule has 0 heterocycles. The van der Waals surface area contributed by atoms with Gasteiger partial charge in [-0.15, -0.1) is 0 Å². The van der Waals surface area contributed by atoms with Crippen molar-refractivity contribution in [3.05, 3.63) is 58.1 Å². The summed E-state index contributed by atoms with van der Waals surface area (Å²) >= 11 is 3.44. The largest absolute Gasteiger partial charge is 0.493 e. The lowest BCUT2D eigenvalue weighted by Crippen LogP contribution is -2.35. The summed E-state index contributed by atoms with van der Waals surface area (Å²) in [5, 5.41) is 3.09. The number of halogens is 1. The van der Waals surface area contributed by atoms with Crippen LogP contribution in [-0.2, 0) is 16.6 Å². The Kier molecular flexibility index (Phi) is 5.33. The first-order valence-corrected chi connectivity index (χ1v) is 9.13. The molecule has 1 amide bonds. The molecule has 2 aromatic carbocycles. The van der Waals surface area contributed by atoms with E-state index in [4.69, 9.17) is 9.47 Å². The second-order valence-corrected chi connectivity index (χ2v) is 7.20. The van der Waals surface area contributed by atoms with Crippen LogP contribution in [0.2, 0.25) is 0 Å². The van der Waals surface area contributed by atoms with E-state index in [1.807, 2.05) is 42.5 Å². The fourth-order valence-corrected chi connectivity index (χ4v) is 3.33. The average Bonchev–Trinajstić information content (AvgIpc) is 3.44. The van der Waals surface area contributed by atoms with Gasteiger partial charge in [0.15, 0.2) is 11.5 Å². The van der Waals surface area contributed by atoms with Crippen LogP contribution in [0.3, 0.4) is 0 Å². The summed E-state index contributed by atoms with van der Waals surface area (Å²) < 4.78 is 11.6. The molecular weight excluding hydrogens is 382 g/mol. The van der Waals surface area contributed by atoms with Gasteiger partial charge >= 0.3 is 0 Å². The van der Waals surface area contributed by atoms with Crippen molar-refractivity contribution in [1.29, 1.82) is 0 Å². The molecule has 1 aliphatic carbocycles. The number of benzene rings is 2. The highest BCUT2D eigenvalue weighted by Gasteiger charge is 2.50. The van der Waals surface area contributed by atoms with Gasteiger partial charge in [-0.05, 0) is 54.7 Å². The van der Waals surface area contributed by atoms with Crippen molar-refractivity contribution < 1.29 is 14.3 Å². The number of hydrogen-bond donors (Lipinski definition) is 1. The molecule has 0 radical (unpaired) electrons. The standard InChI is InChI=1S/C20H22BrNO3/c1-24-17-8-3-14(13-18(17)25-2)9-12-22-19(23)20(10-11-20)15-4-6-16(21)7-5-15/h3-8,13H,9-12H2,1-2H3,(H,22,23). The molecule has 3 rings (SSSR count). The molecule has 0 aromatic heterocycles. The number of carbonyl (C=O) groups is 1. The van der Waals surface area contributed by atoms with Crippen LogP contribution in [0.5, 0.6) is 11.5 Å². The molecule has 0 saturated heterocycles. The van der Waals surface area contributed by atoms with Crippen LogP contribution in [0.25, 0.3) is 0 Å². The van der Waals surface area contributed by atoms with Gasteiger partial charge in [-0.25, -0.2) is 0 Å². The third-order valence-electron chi connectivity index (χ3n) is 4.73. The van der Waals surface area contributed by atoms with Crippen molar-refractivity contribution in [3.63, 3.8) is 0 Å². The molecular formula is C20H22BrNO3. The minimum atomic E-state index is -0.335. The predicted octanol–water partition coefficient (Wildman–Crippen LogP) is 3.86. The highest BCUT2D eigenvalue weighted by atomic mass is 79.9. The first-order chi connectivity index (χ1) is 12.1. The summed E-state index contributed by atoms with van der Waals surface area (Å²) in [4.78, 5) is 12.7. The molecule has 4 nitrogen and oxygen atoms in total. The number of carbonyl (C=O) groups excluding carboxylic acids is 1. The van der Waals surface area contributed by atoms with Gasteiger partial charge in [0.2, 0.25) is 5.91 Å². The lowest BCUT2D eigenvalue weighted by atomic mass is 9.95. The summed E-state index contributed by atoms with van der Waals surface area (Å²) in [5.41, 5.74) is 1.86. The molecule has 1 fully saturated rings. The summed E-state index contributed by atoms with van der Waals surface area (Å²) in [6.07, 6.45) is 2.58. The van der Waals surface area contributed by atoms with Crippen molar-refractivity contribution in [2.24, 2.45) is 0 Å². The maximum absolute atomic E-state index is 12.7. The number of ether oxygens (including phenoxy) is 2. The monoisotopic (exact) mass is 403 g/mol. The molecule has 1 aliphatic rings. The number of amides is 1. The smallest absolute Gasteiger partial charge is 0.230 e. The number of hydrogen-bond acceptors (Lipinski definition) is 3. The molecule has 0 atom stereocenters. The minimum Gasteiger partial charge on any atom is -0.493 e. The predicted molar refractivity (Wildman–Crippen MR) is 101 cm³/mol. The molecule has 0 unspecified atom stereocenters. The third kappa shape index (κ3) is 3.82. The van der Waals surface area contributed by atoms with Crippen LogP contribution < -0.4 is 14.8 Å². The second kappa shape index (κ2) is 7.48. The minimum absolute atomic E-state index is 0.121. The van der Waals surface area contributed by atoms with Crippen LogP contribution in [0, 0.1) is 0 Å². The molecule has 25 heavy (non-hydrogen) atoms. The van der Waals surface area contributed by atoms with E-state index >= 15 is 0 Å². The van der Waals surface area contributed by atoms with Gasteiger partial charge in [-0.1, -0.05) is 34.1 Å². The highest BCUT2D eigenvalue weighted by Crippen LogP contribution is 2.48. The van der Waals surface area contributed by atoms with Crippen molar-refractivity contribution in [1.82, 2.24) is 5.32 Å². The summed E-state index contributed by atoms with van der Waals surface area (Å²) in [6, 6.07) is 13.9. The molecule has 5 heteroatoms. The Hall–Kier alpha value is -2.01. The maximum atomic E-state index is 12.7. The Labute approximate surface area is 156 Å². The molecule has 132 valence electrons. The Balaban J connectivity index is 1.59. The number of methoxy groups -OCH3 is 2. The number of nitrogens with one attached hydrogen (secondary N) is 1. The van der Waals surface area contributed by atoms with E-state index in [0.29, 0.717) is 18.0 Å². The van der Waals surface area contributed by atoms with Crippen LogP contribution in [0.1, 0.15) is 24.0 Å². The molecule has 2 aromatic rings. The van der Waals surface area contributed by atoms with Crippen molar-refractivity contribution in [2.45, 2.75) is 24.7 Å². The average molecular weight is 404 g/mol. The van der Waals surface area contributed by atoms with E-state index in [0.717, 1.165) is 34.9 Å². The first kappa shape index (κ1) is 17.8. The maximum Gasteiger partial charge on any atom is 0.230 e. The van der Waals surface area contributed by atoms with Gasteiger partial charge < -0.3 is 14.8 Å². The molecule has 1 saturated carbocycles. The lowest BCUT2D eigenvalue weighted by Gasteiger charge is -2.16. The van der Waals surface area contributed by atoms with E-state index in [1.165, 1.54) is 0 Å².